The standard InChI is InChI=1S/C18H15N3O5S2/c22-16(23)2-1-8-20-17(24)15(28-18(20)27)10-12-7-9-19(11-12)13-3-5-14(6-4-13)21(25)26/h3-7,9-11H,1-2,8H2,(H,22,23)/b15-10-. The number of aliphatic carboxylic acids is 1. The Kier molecular flexibility index (Phi) is 5.90. The van der Waals surface area contributed by atoms with Crippen molar-refractivity contribution in [3.05, 3.63) is 63.3 Å². The van der Waals surface area contributed by atoms with Crippen LogP contribution in [-0.4, -0.2) is 42.2 Å². The number of thioether (sulfide) groups is 1. The molecule has 2 aromatic rings. The van der Waals surface area contributed by atoms with Gasteiger partial charge < -0.3 is 9.67 Å². The third-order valence-corrected chi connectivity index (χ3v) is 5.40. The first-order valence-electron chi connectivity index (χ1n) is 8.25. The Bertz CT molecular complexity index is 981. The molecule has 0 aliphatic carbocycles. The number of thiocarbonyl (C=S) groups is 1. The summed E-state index contributed by atoms with van der Waals surface area (Å²) in [4.78, 5) is 35.3. The molecule has 1 saturated heterocycles. The number of aromatic nitrogens is 1. The van der Waals surface area contributed by atoms with Gasteiger partial charge in [-0.25, -0.2) is 0 Å². The van der Waals surface area contributed by atoms with Crippen LogP contribution in [0.3, 0.4) is 0 Å². The van der Waals surface area contributed by atoms with Crippen molar-refractivity contribution >= 4 is 51.9 Å². The van der Waals surface area contributed by atoms with Gasteiger partial charge in [0.1, 0.15) is 4.32 Å². The number of carbonyl (C=O) groups excluding carboxylic acids is 1. The lowest BCUT2D eigenvalue weighted by molar-refractivity contribution is -0.384. The van der Waals surface area contributed by atoms with Crippen LogP contribution in [-0.2, 0) is 9.59 Å². The zero-order chi connectivity index (χ0) is 20.3. The van der Waals surface area contributed by atoms with Crippen molar-refractivity contribution in [1.82, 2.24) is 9.47 Å². The van der Waals surface area contributed by atoms with Crippen molar-refractivity contribution in [2.45, 2.75) is 12.8 Å². The molecule has 1 aromatic carbocycles. The van der Waals surface area contributed by atoms with Crippen molar-refractivity contribution in [3.8, 4) is 5.69 Å². The summed E-state index contributed by atoms with van der Waals surface area (Å²) in [5.41, 5.74) is 1.55. The van der Waals surface area contributed by atoms with Crippen molar-refractivity contribution in [1.29, 1.82) is 0 Å². The molecule has 0 spiro atoms. The first-order valence-corrected chi connectivity index (χ1v) is 9.47. The van der Waals surface area contributed by atoms with Crippen LogP contribution in [0.2, 0.25) is 0 Å². The lowest BCUT2D eigenvalue weighted by Gasteiger charge is -2.13. The number of nitro groups is 1. The van der Waals surface area contributed by atoms with E-state index < -0.39 is 10.9 Å². The zero-order valence-electron chi connectivity index (χ0n) is 14.5. The minimum absolute atomic E-state index is 0.0164. The Labute approximate surface area is 169 Å². The Hall–Kier alpha value is -2.98. The monoisotopic (exact) mass is 417 g/mol. The lowest BCUT2D eigenvalue weighted by atomic mass is 10.2. The number of rotatable bonds is 7. The number of carboxylic acids is 1. The van der Waals surface area contributed by atoms with Gasteiger partial charge in [0.25, 0.3) is 11.6 Å². The van der Waals surface area contributed by atoms with Crippen LogP contribution in [0.4, 0.5) is 5.69 Å². The van der Waals surface area contributed by atoms with Crippen molar-refractivity contribution in [2.75, 3.05) is 6.54 Å². The van der Waals surface area contributed by atoms with Gasteiger partial charge in [-0.05, 0) is 36.3 Å². The Balaban J connectivity index is 1.72. The van der Waals surface area contributed by atoms with Crippen LogP contribution in [0.1, 0.15) is 18.4 Å². The smallest absolute Gasteiger partial charge is 0.303 e. The maximum absolute atomic E-state index is 12.5. The molecule has 1 aliphatic heterocycles. The topological polar surface area (TPSA) is 106 Å². The summed E-state index contributed by atoms with van der Waals surface area (Å²) >= 11 is 6.41. The lowest BCUT2D eigenvalue weighted by Crippen LogP contribution is -2.29. The molecular weight excluding hydrogens is 402 g/mol. The molecule has 8 nitrogen and oxygen atoms in total. The van der Waals surface area contributed by atoms with Crippen LogP contribution >= 0.6 is 24.0 Å². The summed E-state index contributed by atoms with van der Waals surface area (Å²) in [5.74, 6) is -1.14. The number of hydrogen-bond donors (Lipinski definition) is 1. The molecule has 0 atom stereocenters. The second-order valence-electron chi connectivity index (χ2n) is 5.96. The highest BCUT2D eigenvalue weighted by atomic mass is 32.2. The Morgan fingerprint density at radius 1 is 1.29 bits per heavy atom. The van der Waals surface area contributed by atoms with Gasteiger partial charge >= 0.3 is 5.97 Å². The number of carbonyl (C=O) groups is 2. The van der Waals surface area contributed by atoms with E-state index in [4.69, 9.17) is 17.3 Å². The van der Waals surface area contributed by atoms with Crippen LogP contribution in [0.25, 0.3) is 11.8 Å². The number of non-ortho nitro benzene ring substituents is 1. The van der Waals surface area contributed by atoms with Crippen molar-refractivity contribution < 1.29 is 19.6 Å². The quantitative estimate of drug-likeness (QED) is 0.318. The number of amides is 1. The summed E-state index contributed by atoms with van der Waals surface area (Å²) in [6.45, 7) is 0.276. The SMILES string of the molecule is O=C(O)CCCN1C(=O)/C(=C/c2ccn(-c3ccc([N+](=O)[O-])cc3)c2)SC1=S. The van der Waals surface area contributed by atoms with Crippen molar-refractivity contribution in [2.24, 2.45) is 0 Å². The number of benzene rings is 1. The molecule has 1 aromatic heterocycles. The van der Waals surface area contributed by atoms with Crippen LogP contribution in [0.5, 0.6) is 0 Å². The van der Waals surface area contributed by atoms with Gasteiger partial charge in [0.15, 0.2) is 0 Å². The molecule has 28 heavy (non-hydrogen) atoms. The van der Waals surface area contributed by atoms with E-state index in [0.717, 1.165) is 11.3 Å². The van der Waals surface area contributed by atoms with E-state index in [9.17, 15) is 19.7 Å². The van der Waals surface area contributed by atoms with Crippen molar-refractivity contribution in [3.63, 3.8) is 0 Å². The Morgan fingerprint density at radius 2 is 2.00 bits per heavy atom. The average molecular weight is 417 g/mol. The molecule has 1 N–H and O–H groups in total. The Morgan fingerprint density at radius 3 is 2.64 bits per heavy atom. The zero-order valence-corrected chi connectivity index (χ0v) is 16.1. The molecule has 1 fully saturated rings. The molecule has 0 saturated carbocycles. The number of nitro benzene ring substituents is 1. The van der Waals surface area contributed by atoms with Gasteiger partial charge in [0, 0.05) is 43.2 Å². The van der Waals surface area contributed by atoms with Gasteiger partial charge in [-0.3, -0.25) is 24.6 Å². The fraction of sp³-hybridized carbons (Fsp3) is 0.167. The molecule has 0 bridgehead atoms. The van der Waals surface area contributed by atoms with E-state index >= 15 is 0 Å². The second kappa shape index (κ2) is 8.36. The van der Waals surface area contributed by atoms with Gasteiger partial charge in [-0.15, -0.1) is 0 Å². The fourth-order valence-electron chi connectivity index (χ4n) is 2.64. The number of carboxylic acid groups (broad SMARTS) is 1. The van der Waals surface area contributed by atoms with Gasteiger partial charge in [0.2, 0.25) is 0 Å². The molecule has 1 aliphatic rings. The molecule has 1 amide bonds. The highest BCUT2D eigenvalue weighted by Gasteiger charge is 2.31. The second-order valence-corrected chi connectivity index (χ2v) is 7.63. The molecule has 3 rings (SSSR count). The third kappa shape index (κ3) is 4.46. The molecule has 144 valence electrons. The summed E-state index contributed by atoms with van der Waals surface area (Å²) in [6, 6.07) is 7.96. The van der Waals surface area contributed by atoms with E-state index in [1.807, 2.05) is 6.07 Å². The van der Waals surface area contributed by atoms with E-state index in [1.165, 1.54) is 28.8 Å². The van der Waals surface area contributed by atoms with E-state index in [-0.39, 0.29) is 24.6 Å². The maximum atomic E-state index is 12.5. The first kappa shape index (κ1) is 19.8. The minimum atomic E-state index is -0.909. The van der Waals surface area contributed by atoms with Crippen LogP contribution in [0, 0.1) is 10.1 Å². The van der Waals surface area contributed by atoms with E-state index in [0.29, 0.717) is 15.6 Å². The summed E-state index contributed by atoms with van der Waals surface area (Å²) in [6.07, 6.45) is 5.64. The largest absolute Gasteiger partial charge is 0.481 e. The number of nitrogens with zero attached hydrogens (tertiary/aromatic N) is 3. The maximum Gasteiger partial charge on any atom is 0.303 e. The predicted molar refractivity (Wildman–Crippen MR) is 109 cm³/mol. The number of hydrogen-bond acceptors (Lipinski definition) is 6. The third-order valence-electron chi connectivity index (χ3n) is 4.02. The van der Waals surface area contributed by atoms with Gasteiger partial charge in [-0.1, -0.05) is 24.0 Å². The highest BCUT2D eigenvalue weighted by molar-refractivity contribution is 8.26. The van der Waals surface area contributed by atoms with Crippen LogP contribution < -0.4 is 0 Å². The summed E-state index contributed by atoms with van der Waals surface area (Å²) in [7, 11) is 0. The van der Waals surface area contributed by atoms with E-state index in [2.05, 4.69) is 0 Å². The predicted octanol–water partition coefficient (Wildman–Crippen LogP) is 3.45. The van der Waals surface area contributed by atoms with E-state index in [1.54, 1.807) is 35.2 Å². The fourth-order valence-corrected chi connectivity index (χ4v) is 3.95. The van der Waals surface area contributed by atoms with Gasteiger partial charge in [0.05, 0.1) is 9.83 Å². The first-order chi connectivity index (χ1) is 13.3. The summed E-state index contributed by atoms with van der Waals surface area (Å²) < 4.78 is 2.21. The molecule has 10 heteroatoms. The average Bonchev–Trinajstić information content (AvgIpc) is 3.22. The molecule has 0 radical (unpaired) electrons. The molecular formula is C18H15N3O5S2. The summed E-state index contributed by atoms with van der Waals surface area (Å²) in [5, 5.41) is 19.5. The van der Waals surface area contributed by atoms with Gasteiger partial charge in [-0.2, -0.15) is 0 Å². The molecule has 0 unspecified atom stereocenters. The normalized spacial score (nSPS) is 15.4. The minimum Gasteiger partial charge on any atom is -0.481 e. The highest BCUT2D eigenvalue weighted by Crippen LogP contribution is 2.33. The molecule has 2 heterocycles. The van der Waals surface area contributed by atoms with Crippen LogP contribution in [0.15, 0.2) is 47.6 Å².